The molecular formula is C19H18N2O2S. The van der Waals surface area contributed by atoms with Crippen LogP contribution in [0.3, 0.4) is 0 Å². The van der Waals surface area contributed by atoms with Crippen LogP contribution in [0.5, 0.6) is 5.88 Å². The lowest BCUT2D eigenvalue weighted by Gasteiger charge is -2.22. The minimum atomic E-state index is -0.100. The monoisotopic (exact) mass is 338 g/mol. The third-order valence-electron chi connectivity index (χ3n) is 3.49. The summed E-state index contributed by atoms with van der Waals surface area (Å²) < 4.78 is 5.55. The van der Waals surface area contributed by atoms with Gasteiger partial charge in [-0.2, -0.15) is 0 Å². The zero-order valence-electron chi connectivity index (χ0n) is 13.4. The normalized spacial score (nSPS) is 10.4. The Morgan fingerprint density at radius 1 is 1.12 bits per heavy atom. The summed E-state index contributed by atoms with van der Waals surface area (Å²) >= 11 is 1.63. The van der Waals surface area contributed by atoms with Crippen LogP contribution in [0.1, 0.15) is 10.4 Å². The van der Waals surface area contributed by atoms with Crippen molar-refractivity contribution in [3.05, 3.63) is 76.6 Å². The number of nitrogens with zero attached hydrogens (tertiary/aromatic N) is 2. The Morgan fingerprint density at radius 2 is 1.96 bits per heavy atom. The first kappa shape index (κ1) is 16.2. The molecule has 5 heteroatoms. The first-order chi connectivity index (χ1) is 11.7. The second-order valence-corrected chi connectivity index (χ2v) is 6.39. The molecule has 0 fully saturated rings. The molecule has 0 aliphatic rings. The summed E-state index contributed by atoms with van der Waals surface area (Å²) in [5, 5.41) is 2.01. The van der Waals surface area contributed by atoms with Crippen LogP contribution < -0.4 is 9.64 Å². The Kier molecular flexibility index (Phi) is 5.23. The van der Waals surface area contributed by atoms with E-state index in [0.717, 1.165) is 16.1 Å². The molecule has 0 aliphatic heterocycles. The maximum absolute atomic E-state index is 12.7. The first-order valence-electron chi connectivity index (χ1n) is 7.65. The van der Waals surface area contributed by atoms with Crippen molar-refractivity contribution in [2.45, 2.75) is 13.5 Å². The van der Waals surface area contributed by atoms with E-state index in [1.165, 1.54) is 0 Å². The molecule has 2 aromatic heterocycles. The predicted molar refractivity (Wildman–Crippen MR) is 96.4 cm³/mol. The van der Waals surface area contributed by atoms with E-state index in [2.05, 4.69) is 4.98 Å². The summed E-state index contributed by atoms with van der Waals surface area (Å²) in [4.78, 5) is 19.7. The molecule has 0 N–H and O–H groups in total. The number of aromatic nitrogens is 1. The third kappa shape index (κ3) is 4.20. The molecule has 24 heavy (non-hydrogen) atoms. The molecule has 1 aromatic carbocycles. The number of carbonyl (C=O) groups excluding carboxylic acids is 1. The van der Waals surface area contributed by atoms with Crippen LogP contribution in [-0.4, -0.2) is 17.5 Å². The summed E-state index contributed by atoms with van der Waals surface area (Å²) in [6.07, 6.45) is 1.72. The molecule has 2 heterocycles. The lowest BCUT2D eigenvalue weighted by Crippen LogP contribution is -2.34. The minimum absolute atomic E-state index is 0.0453. The van der Waals surface area contributed by atoms with Gasteiger partial charge in [-0.15, -0.1) is 11.3 Å². The number of rotatable bonds is 6. The van der Waals surface area contributed by atoms with Gasteiger partial charge in [-0.05, 0) is 36.1 Å². The molecule has 4 nitrogen and oxygen atoms in total. The van der Waals surface area contributed by atoms with Crippen molar-refractivity contribution in [3.63, 3.8) is 0 Å². The fourth-order valence-corrected chi connectivity index (χ4v) is 2.94. The van der Waals surface area contributed by atoms with E-state index in [4.69, 9.17) is 4.74 Å². The summed E-state index contributed by atoms with van der Waals surface area (Å²) in [5.41, 5.74) is 1.91. The van der Waals surface area contributed by atoms with Crippen LogP contribution >= 0.6 is 11.3 Å². The number of hydrogen-bond acceptors (Lipinski definition) is 4. The van der Waals surface area contributed by atoms with Crippen LogP contribution in [0, 0.1) is 6.92 Å². The molecule has 0 saturated heterocycles. The van der Waals surface area contributed by atoms with Crippen molar-refractivity contribution in [3.8, 4) is 5.88 Å². The highest BCUT2D eigenvalue weighted by Gasteiger charge is 2.17. The van der Waals surface area contributed by atoms with E-state index in [1.807, 2.05) is 60.8 Å². The highest BCUT2D eigenvalue weighted by Crippen LogP contribution is 2.20. The zero-order valence-corrected chi connectivity index (χ0v) is 14.2. The van der Waals surface area contributed by atoms with Gasteiger partial charge in [0.2, 0.25) is 5.88 Å². The highest BCUT2D eigenvalue weighted by molar-refractivity contribution is 7.09. The SMILES string of the molecule is Cc1ccc(OCC(=O)N(Cc2cccs2)c2ccccc2)nc1. The predicted octanol–water partition coefficient (Wildman–Crippen LogP) is 4.06. The summed E-state index contributed by atoms with van der Waals surface area (Å²) in [6.45, 7) is 2.45. The molecule has 122 valence electrons. The Labute approximate surface area is 145 Å². The standard InChI is InChI=1S/C19H18N2O2S/c1-15-9-10-18(20-12-15)23-14-19(22)21(13-17-8-5-11-24-17)16-6-3-2-4-7-16/h2-12H,13-14H2,1H3. The van der Waals surface area contributed by atoms with Gasteiger partial charge in [0.05, 0.1) is 6.54 Å². The zero-order chi connectivity index (χ0) is 16.8. The number of para-hydroxylation sites is 1. The molecule has 1 amide bonds. The summed E-state index contributed by atoms with van der Waals surface area (Å²) in [7, 11) is 0. The van der Waals surface area contributed by atoms with Crippen LogP contribution in [-0.2, 0) is 11.3 Å². The van der Waals surface area contributed by atoms with Crippen LogP contribution in [0.25, 0.3) is 0 Å². The van der Waals surface area contributed by atoms with Crippen LogP contribution in [0.15, 0.2) is 66.2 Å². The van der Waals surface area contributed by atoms with Crippen molar-refractivity contribution in [2.75, 3.05) is 11.5 Å². The number of carbonyl (C=O) groups is 1. The largest absolute Gasteiger partial charge is 0.468 e. The minimum Gasteiger partial charge on any atom is -0.468 e. The van der Waals surface area contributed by atoms with Gasteiger partial charge in [-0.3, -0.25) is 4.79 Å². The molecule has 3 rings (SSSR count). The maximum Gasteiger partial charge on any atom is 0.265 e. The van der Waals surface area contributed by atoms with Gasteiger partial charge in [0.15, 0.2) is 6.61 Å². The van der Waals surface area contributed by atoms with Crippen molar-refractivity contribution < 1.29 is 9.53 Å². The number of amides is 1. The smallest absolute Gasteiger partial charge is 0.265 e. The number of hydrogen-bond donors (Lipinski definition) is 0. The molecule has 0 saturated carbocycles. The van der Waals surface area contributed by atoms with Gasteiger partial charge in [0, 0.05) is 22.8 Å². The Hall–Kier alpha value is -2.66. The molecule has 0 radical (unpaired) electrons. The van der Waals surface area contributed by atoms with Gasteiger partial charge >= 0.3 is 0 Å². The van der Waals surface area contributed by atoms with Gasteiger partial charge in [-0.1, -0.05) is 30.3 Å². The van der Waals surface area contributed by atoms with E-state index >= 15 is 0 Å². The third-order valence-corrected chi connectivity index (χ3v) is 4.35. The molecule has 0 atom stereocenters. The van der Waals surface area contributed by atoms with Gasteiger partial charge in [0.1, 0.15) is 0 Å². The topological polar surface area (TPSA) is 42.4 Å². The van der Waals surface area contributed by atoms with E-state index in [0.29, 0.717) is 12.4 Å². The summed E-state index contributed by atoms with van der Waals surface area (Å²) in [6, 6.07) is 17.3. The number of pyridine rings is 1. The molecule has 3 aromatic rings. The molecular weight excluding hydrogens is 320 g/mol. The Balaban J connectivity index is 1.72. The maximum atomic E-state index is 12.7. The van der Waals surface area contributed by atoms with Crippen molar-refractivity contribution in [1.29, 1.82) is 0 Å². The van der Waals surface area contributed by atoms with Crippen molar-refractivity contribution in [1.82, 2.24) is 4.98 Å². The number of ether oxygens (including phenoxy) is 1. The lowest BCUT2D eigenvalue weighted by molar-refractivity contribution is -0.120. The first-order valence-corrected chi connectivity index (χ1v) is 8.53. The second-order valence-electron chi connectivity index (χ2n) is 5.36. The average Bonchev–Trinajstić information content (AvgIpc) is 3.13. The fourth-order valence-electron chi connectivity index (χ4n) is 2.24. The summed E-state index contributed by atoms with van der Waals surface area (Å²) in [5.74, 6) is 0.357. The van der Waals surface area contributed by atoms with E-state index < -0.39 is 0 Å². The average molecular weight is 338 g/mol. The van der Waals surface area contributed by atoms with E-state index in [9.17, 15) is 4.79 Å². The Bertz CT molecular complexity index is 771. The number of thiophene rings is 1. The number of benzene rings is 1. The Morgan fingerprint density at radius 3 is 2.62 bits per heavy atom. The van der Waals surface area contributed by atoms with Crippen LogP contribution in [0.2, 0.25) is 0 Å². The number of aryl methyl sites for hydroxylation is 1. The number of anilines is 1. The van der Waals surface area contributed by atoms with Crippen LogP contribution in [0.4, 0.5) is 5.69 Å². The van der Waals surface area contributed by atoms with Gasteiger partial charge in [-0.25, -0.2) is 4.98 Å². The lowest BCUT2D eigenvalue weighted by atomic mass is 10.2. The molecule has 0 unspecified atom stereocenters. The quantitative estimate of drug-likeness (QED) is 0.680. The van der Waals surface area contributed by atoms with Gasteiger partial charge in [0.25, 0.3) is 5.91 Å². The molecule has 0 bridgehead atoms. The van der Waals surface area contributed by atoms with Crippen molar-refractivity contribution >= 4 is 22.9 Å². The highest BCUT2D eigenvalue weighted by atomic mass is 32.1. The molecule has 0 aliphatic carbocycles. The second kappa shape index (κ2) is 7.75. The fraction of sp³-hybridized carbons (Fsp3) is 0.158. The van der Waals surface area contributed by atoms with E-state index in [-0.39, 0.29) is 12.5 Å². The van der Waals surface area contributed by atoms with Gasteiger partial charge < -0.3 is 9.64 Å². The van der Waals surface area contributed by atoms with E-state index in [1.54, 1.807) is 28.5 Å². The molecule has 0 spiro atoms. The van der Waals surface area contributed by atoms with Crippen molar-refractivity contribution in [2.24, 2.45) is 0 Å².